The van der Waals surface area contributed by atoms with E-state index in [1.54, 1.807) is 13.0 Å². The second kappa shape index (κ2) is 2.80. The van der Waals surface area contributed by atoms with E-state index in [9.17, 15) is 8.42 Å². The zero-order chi connectivity index (χ0) is 10.5. The number of rotatable bonds is 0. The molecule has 1 aromatic carbocycles. The molecule has 0 radical (unpaired) electrons. The topological polar surface area (TPSA) is 70.0 Å². The maximum atomic E-state index is 11.5. The summed E-state index contributed by atoms with van der Waals surface area (Å²) in [4.78, 5) is 0.184. The molecular formula is C8H7BrN2O2S. The Bertz CT molecular complexity index is 537. The number of nitrogens with one attached hydrogen (secondary N) is 2. The molecule has 4 nitrogen and oxygen atoms in total. The Morgan fingerprint density at radius 3 is 2.71 bits per heavy atom. The molecule has 0 aliphatic carbocycles. The largest absolute Gasteiger partial charge is 0.283 e. The van der Waals surface area contributed by atoms with E-state index in [1.165, 1.54) is 6.07 Å². The van der Waals surface area contributed by atoms with Gasteiger partial charge in [0.25, 0.3) is 10.0 Å². The van der Waals surface area contributed by atoms with Gasteiger partial charge >= 0.3 is 0 Å². The highest BCUT2D eigenvalue weighted by Crippen LogP contribution is 2.29. The van der Waals surface area contributed by atoms with Gasteiger partial charge in [-0.3, -0.25) is 10.1 Å². The van der Waals surface area contributed by atoms with E-state index in [1.807, 2.05) is 0 Å². The molecule has 0 spiro atoms. The molecule has 0 saturated carbocycles. The first-order chi connectivity index (χ1) is 6.43. The van der Waals surface area contributed by atoms with E-state index in [0.717, 1.165) is 10.0 Å². The summed E-state index contributed by atoms with van der Waals surface area (Å²) in [7, 11) is -3.49. The van der Waals surface area contributed by atoms with E-state index >= 15 is 0 Å². The summed E-state index contributed by atoms with van der Waals surface area (Å²) in [6, 6.07) is 3.17. The molecule has 0 unspecified atom stereocenters. The molecule has 6 heteroatoms. The van der Waals surface area contributed by atoms with E-state index in [4.69, 9.17) is 5.41 Å². The number of fused-ring (bicyclic) bond motifs is 1. The molecule has 0 fully saturated rings. The summed E-state index contributed by atoms with van der Waals surface area (Å²) in [6.45, 7) is 1.78. The van der Waals surface area contributed by atoms with Crippen LogP contribution in [0.15, 0.2) is 21.5 Å². The van der Waals surface area contributed by atoms with Gasteiger partial charge in [0, 0.05) is 10.0 Å². The Hall–Kier alpha value is -0.880. The van der Waals surface area contributed by atoms with Crippen LogP contribution in [0.4, 0.5) is 0 Å². The Kier molecular flexibility index (Phi) is 1.94. The SMILES string of the molecule is Cc1c(Br)ccc2c1C(=N)NS2(=O)=O. The summed E-state index contributed by atoms with van der Waals surface area (Å²) in [6.07, 6.45) is 0. The van der Waals surface area contributed by atoms with Crippen molar-refractivity contribution in [1.82, 2.24) is 4.72 Å². The van der Waals surface area contributed by atoms with Crippen LogP contribution in [0.5, 0.6) is 0 Å². The third kappa shape index (κ3) is 1.18. The average molecular weight is 275 g/mol. The minimum atomic E-state index is -3.49. The molecule has 1 aromatic rings. The van der Waals surface area contributed by atoms with Gasteiger partial charge in [-0.2, -0.15) is 0 Å². The minimum absolute atomic E-state index is 0.0567. The molecule has 14 heavy (non-hydrogen) atoms. The summed E-state index contributed by atoms with van der Waals surface area (Å²) in [5.74, 6) is -0.0567. The van der Waals surface area contributed by atoms with E-state index in [2.05, 4.69) is 20.7 Å². The second-order valence-electron chi connectivity index (χ2n) is 3.03. The number of benzene rings is 1. The molecular weight excluding hydrogens is 268 g/mol. The van der Waals surface area contributed by atoms with Crippen LogP contribution in [0, 0.1) is 12.3 Å². The molecule has 0 atom stereocenters. The molecule has 2 rings (SSSR count). The molecule has 0 bridgehead atoms. The van der Waals surface area contributed by atoms with Crippen molar-refractivity contribution in [3.05, 3.63) is 27.7 Å². The number of amidine groups is 1. The van der Waals surface area contributed by atoms with Gasteiger partial charge in [0.1, 0.15) is 5.84 Å². The van der Waals surface area contributed by atoms with Crippen LogP contribution in [0.25, 0.3) is 0 Å². The highest BCUT2D eigenvalue weighted by molar-refractivity contribution is 9.10. The predicted molar refractivity (Wildman–Crippen MR) is 56.0 cm³/mol. The molecule has 1 heterocycles. The Labute approximate surface area is 90.0 Å². The quantitative estimate of drug-likeness (QED) is 0.750. The van der Waals surface area contributed by atoms with Crippen LogP contribution >= 0.6 is 15.9 Å². The van der Waals surface area contributed by atoms with Crippen LogP contribution in [-0.2, 0) is 10.0 Å². The molecule has 0 saturated heterocycles. The van der Waals surface area contributed by atoms with Crippen molar-refractivity contribution < 1.29 is 8.42 Å². The highest BCUT2D eigenvalue weighted by atomic mass is 79.9. The smallest absolute Gasteiger partial charge is 0.263 e. The molecule has 1 aliphatic heterocycles. The van der Waals surface area contributed by atoms with Crippen LogP contribution in [0.2, 0.25) is 0 Å². The normalized spacial score (nSPS) is 17.7. The summed E-state index contributed by atoms with van der Waals surface area (Å²) >= 11 is 3.29. The number of hydrogen-bond donors (Lipinski definition) is 2. The van der Waals surface area contributed by atoms with Gasteiger partial charge in [-0.25, -0.2) is 8.42 Å². The summed E-state index contributed by atoms with van der Waals surface area (Å²) in [5, 5.41) is 7.51. The standard InChI is InChI=1S/C8H7BrN2O2S/c1-4-5(9)2-3-6-7(4)8(10)11-14(6,12)13/h2-3H,1H3,(H2,10,11). The lowest BCUT2D eigenvalue weighted by molar-refractivity contribution is 0.595. The third-order valence-electron chi connectivity index (χ3n) is 2.14. The lowest BCUT2D eigenvalue weighted by Gasteiger charge is -2.02. The first-order valence-electron chi connectivity index (χ1n) is 3.84. The maximum Gasteiger partial charge on any atom is 0.263 e. The summed E-state index contributed by atoms with van der Waals surface area (Å²) in [5.41, 5.74) is 1.22. The van der Waals surface area contributed by atoms with Gasteiger partial charge in [-0.05, 0) is 24.6 Å². The zero-order valence-electron chi connectivity index (χ0n) is 7.26. The lowest BCUT2D eigenvalue weighted by Crippen LogP contribution is -2.21. The number of halogens is 1. The Balaban J connectivity index is 2.89. The monoisotopic (exact) mass is 274 g/mol. The van der Waals surface area contributed by atoms with Crippen molar-refractivity contribution in [3.8, 4) is 0 Å². The van der Waals surface area contributed by atoms with Crippen LogP contribution in [0.1, 0.15) is 11.1 Å². The zero-order valence-corrected chi connectivity index (χ0v) is 9.66. The van der Waals surface area contributed by atoms with Gasteiger partial charge in [0.2, 0.25) is 0 Å². The van der Waals surface area contributed by atoms with E-state index < -0.39 is 10.0 Å². The number of sulfonamides is 1. The van der Waals surface area contributed by atoms with Crippen LogP contribution in [-0.4, -0.2) is 14.3 Å². The fraction of sp³-hybridized carbons (Fsp3) is 0.125. The van der Waals surface area contributed by atoms with E-state index in [-0.39, 0.29) is 10.7 Å². The average Bonchev–Trinajstić information content (AvgIpc) is 2.29. The van der Waals surface area contributed by atoms with Crippen LogP contribution in [0.3, 0.4) is 0 Å². The Morgan fingerprint density at radius 1 is 1.43 bits per heavy atom. The maximum absolute atomic E-state index is 11.5. The number of hydrogen-bond acceptors (Lipinski definition) is 3. The molecule has 0 aromatic heterocycles. The van der Waals surface area contributed by atoms with Gasteiger partial charge in [0.05, 0.1) is 4.90 Å². The fourth-order valence-electron chi connectivity index (χ4n) is 1.44. The lowest BCUT2D eigenvalue weighted by atomic mass is 10.1. The highest BCUT2D eigenvalue weighted by Gasteiger charge is 2.31. The van der Waals surface area contributed by atoms with Crippen molar-refractivity contribution in [2.24, 2.45) is 0 Å². The first-order valence-corrected chi connectivity index (χ1v) is 6.12. The van der Waals surface area contributed by atoms with Crippen molar-refractivity contribution in [2.45, 2.75) is 11.8 Å². The van der Waals surface area contributed by atoms with Gasteiger partial charge < -0.3 is 0 Å². The summed E-state index contributed by atoms with van der Waals surface area (Å²) < 4.78 is 25.9. The molecule has 1 aliphatic rings. The predicted octanol–water partition coefficient (Wildman–Crippen LogP) is 1.37. The van der Waals surface area contributed by atoms with Crippen molar-refractivity contribution in [1.29, 1.82) is 5.41 Å². The fourth-order valence-corrected chi connectivity index (χ4v) is 3.02. The molecule has 2 N–H and O–H groups in total. The molecule has 0 amide bonds. The van der Waals surface area contributed by atoms with Crippen LogP contribution < -0.4 is 4.72 Å². The second-order valence-corrected chi connectivity index (χ2v) is 5.53. The van der Waals surface area contributed by atoms with Crippen molar-refractivity contribution in [2.75, 3.05) is 0 Å². The van der Waals surface area contributed by atoms with Crippen molar-refractivity contribution >= 4 is 31.8 Å². The van der Waals surface area contributed by atoms with E-state index in [0.29, 0.717) is 5.56 Å². The van der Waals surface area contributed by atoms with Gasteiger partial charge in [-0.15, -0.1) is 0 Å². The van der Waals surface area contributed by atoms with Crippen molar-refractivity contribution in [3.63, 3.8) is 0 Å². The van der Waals surface area contributed by atoms with Gasteiger partial charge in [0.15, 0.2) is 0 Å². The van der Waals surface area contributed by atoms with Gasteiger partial charge in [-0.1, -0.05) is 15.9 Å². The third-order valence-corrected chi connectivity index (χ3v) is 4.39. The minimum Gasteiger partial charge on any atom is -0.283 e. The molecule has 74 valence electrons. The first kappa shape index (κ1) is 9.67. The Morgan fingerprint density at radius 2 is 2.07 bits per heavy atom.